The first kappa shape index (κ1) is 19.5. The first-order valence-corrected chi connectivity index (χ1v) is 11.1. The lowest BCUT2D eigenvalue weighted by atomic mass is 10.1. The van der Waals surface area contributed by atoms with Gasteiger partial charge in [-0.25, -0.2) is 13.4 Å². The van der Waals surface area contributed by atoms with Gasteiger partial charge in [0.25, 0.3) is 5.91 Å². The van der Waals surface area contributed by atoms with Crippen molar-refractivity contribution in [3.8, 4) is 0 Å². The largest absolute Gasteiger partial charge is 0.348 e. The summed E-state index contributed by atoms with van der Waals surface area (Å²) in [6, 6.07) is 9.57. The molecule has 0 radical (unpaired) electrons. The van der Waals surface area contributed by atoms with E-state index in [0.29, 0.717) is 12.1 Å². The van der Waals surface area contributed by atoms with Crippen molar-refractivity contribution in [3.05, 3.63) is 35.9 Å². The topological polar surface area (TPSA) is 95.9 Å². The molecule has 0 spiro atoms. The zero-order valence-corrected chi connectivity index (χ0v) is 16.2. The first-order valence-electron chi connectivity index (χ1n) is 9.29. The van der Waals surface area contributed by atoms with Gasteiger partial charge in [-0.3, -0.25) is 9.59 Å². The number of hydrazone groups is 1. The highest BCUT2D eigenvalue weighted by molar-refractivity contribution is 7.91. The van der Waals surface area contributed by atoms with Crippen molar-refractivity contribution in [3.63, 3.8) is 0 Å². The molecule has 0 aromatic heterocycles. The van der Waals surface area contributed by atoms with Gasteiger partial charge in [-0.05, 0) is 31.7 Å². The molecule has 3 rings (SSSR count). The number of carbonyl (C=O) groups is 2. The molecule has 2 aliphatic rings. The third-order valence-corrected chi connectivity index (χ3v) is 6.71. The van der Waals surface area contributed by atoms with E-state index in [1.165, 1.54) is 10.6 Å². The number of hydrogen-bond donors (Lipinski definition) is 1. The van der Waals surface area contributed by atoms with Gasteiger partial charge in [0, 0.05) is 18.9 Å². The molecule has 1 aromatic carbocycles. The molecule has 0 bridgehead atoms. The van der Waals surface area contributed by atoms with E-state index in [2.05, 4.69) is 22.6 Å². The Morgan fingerprint density at radius 3 is 2.70 bits per heavy atom. The van der Waals surface area contributed by atoms with E-state index in [1.807, 2.05) is 25.1 Å². The Morgan fingerprint density at radius 2 is 2.04 bits per heavy atom. The highest BCUT2D eigenvalue weighted by Crippen LogP contribution is 2.22. The maximum atomic E-state index is 12.5. The van der Waals surface area contributed by atoms with Gasteiger partial charge >= 0.3 is 0 Å². The Kier molecular flexibility index (Phi) is 5.94. The highest BCUT2D eigenvalue weighted by Gasteiger charge is 2.37. The SMILES string of the molecule is CC(CCc1ccccc1)NC(=O)C1=NN(C2CCS(=O)(=O)C2)C(=O)CC1. The summed E-state index contributed by atoms with van der Waals surface area (Å²) < 4.78 is 23.3. The fourth-order valence-electron chi connectivity index (χ4n) is 3.40. The summed E-state index contributed by atoms with van der Waals surface area (Å²) in [7, 11) is -3.12. The second-order valence-corrected chi connectivity index (χ2v) is 9.47. The first-order chi connectivity index (χ1) is 12.8. The molecule has 2 atom stereocenters. The van der Waals surface area contributed by atoms with Gasteiger partial charge in [0.15, 0.2) is 9.84 Å². The zero-order valence-electron chi connectivity index (χ0n) is 15.4. The van der Waals surface area contributed by atoms with Crippen LogP contribution in [-0.4, -0.2) is 54.5 Å². The molecule has 1 N–H and O–H groups in total. The molecule has 2 amide bonds. The van der Waals surface area contributed by atoms with Gasteiger partial charge in [0.05, 0.1) is 17.5 Å². The molecule has 0 saturated carbocycles. The number of nitrogens with one attached hydrogen (secondary N) is 1. The fourth-order valence-corrected chi connectivity index (χ4v) is 5.09. The van der Waals surface area contributed by atoms with E-state index < -0.39 is 15.9 Å². The number of rotatable bonds is 6. The highest BCUT2D eigenvalue weighted by atomic mass is 32.2. The minimum Gasteiger partial charge on any atom is -0.348 e. The number of benzene rings is 1. The van der Waals surface area contributed by atoms with E-state index in [-0.39, 0.29) is 42.2 Å². The Hall–Kier alpha value is -2.22. The molecule has 1 saturated heterocycles. The summed E-state index contributed by atoms with van der Waals surface area (Å²) in [5.41, 5.74) is 1.51. The van der Waals surface area contributed by atoms with Crippen LogP contribution in [0.4, 0.5) is 0 Å². The van der Waals surface area contributed by atoms with Gasteiger partial charge in [-0.1, -0.05) is 30.3 Å². The molecule has 8 heteroatoms. The zero-order chi connectivity index (χ0) is 19.4. The fraction of sp³-hybridized carbons (Fsp3) is 0.526. The maximum Gasteiger partial charge on any atom is 0.267 e. The molecule has 146 valence electrons. The predicted octanol–water partition coefficient (Wildman–Crippen LogP) is 1.29. The molecule has 2 heterocycles. The molecule has 7 nitrogen and oxygen atoms in total. The van der Waals surface area contributed by atoms with Gasteiger partial charge in [0.1, 0.15) is 5.71 Å². The second kappa shape index (κ2) is 8.21. The van der Waals surface area contributed by atoms with E-state index in [4.69, 9.17) is 0 Å². The van der Waals surface area contributed by atoms with Crippen LogP contribution in [0.1, 0.15) is 38.2 Å². The summed E-state index contributed by atoms with van der Waals surface area (Å²) >= 11 is 0. The summed E-state index contributed by atoms with van der Waals surface area (Å²) in [6.45, 7) is 1.94. The van der Waals surface area contributed by atoms with Crippen LogP contribution < -0.4 is 5.32 Å². The summed E-state index contributed by atoms with van der Waals surface area (Å²) in [5.74, 6) is -0.515. The van der Waals surface area contributed by atoms with Crippen molar-refractivity contribution >= 4 is 27.4 Å². The Labute approximate surface area is 159 Å². The van der Waals surface area contributed by atoms with Crippen LogP contribution in [0.5, 0.6) is 0 Å². The van der Waals surface area contributed by atoms with Crippen LogP contribution in [0.25, 0.3) is 0 Å². The van der Waals surface area contributed by atoms with Crippen LogP contribution in [0, 0.1) is 0 Å². The lowest BCUT2D eigenvalue weighted by molar-refractivity contribution is -0.133. The van der Waals surface area contributed by atoms with Crippen LogP contribution >= 0.6 is 0 Å². The standard InChI is InChI=1S/C19H25N3O4S/c1-14(7-8-15-5-3-2-4-6-15)20-19(24)17-9-10-18(23)22(21-17)16-11-12-27(25,26)13-16/h2-6,14,16H,7-13H2,1H3,(H,20,24). The van der Waals surface area contributed by atoms with E-state index >= 15 is 0 Å². The number of amides is 2. The van der Waals surface area contributed by atoms with Crippen LogP contribution in [0.3, 0.4) is 0 Å². The van der Waals surface area contributed by atoms with Crippen LogP contribution in [0.15, 0.2) is 35.4 Å². The van der Waals surface area contributed by atoms with Crippen molar-refractivity contribution in [2.45, 2.75) is 51.1 Å². The molecule has 2 unspecified atom stereocenters. The third kappa shape index (κ3) is 5.15. The van der Waals surface area contributed by atoms with Crippen molar-refractivity contribution in [2.75, 3.05) is 11.5 Å². The van der Waals surface area contributed by atoms with Crippen molar-refractivity contribution in [1.29, 1.82) is 0 Å². The normalized spacial score (nSPS) is 23.0. The number of aryl methyl sites for hydroxylation is 1. The Balaban J connectivity index is 1.58. The Bertz CT molecular complexity index is 836. The molecule has 2 aliphatic heterocycles. The number of nitrogens with zero attached hydrogens (tertiary/aromatic N) is 2. The van der Waals surface area contributed by atoms with Gasteiger partial charge in [-0.2, -0.15) is 5.10 Å². The van der Waals surface area contributed by atoms with Gasteiger partial charge < -0.3 is 5.32 Å². The van der Waals surface area contributed by atoms with Gasteiger partial charge in [-0.15, -0.1) is 0 Å². The number of carbonyl (C=O) groups excluding carboxylic acids is 2. The average Bonchev–Trinajstić information content (AvgIpc) is 3.01. The van der Waals surface area contributed by atoms with E-state index in [9.17, 15) is 18.0 Å². The molecular weight excluding hydrogens is 366 g/mol. The van der Waals surface area contributed by atoms with Crippen molar-refractivity contribution in [1.82, 2.24) is 10.3 Å². The van der Waals surface area contributed by atoms with Crippen LogP contribution in [-0.2, 0) is 25.8 Å². The van der Waals surface area contributed by atoms with Gasteiger partial charge in [0.2, 0.25) is 5.91 Å². The third-order valence-electron chi connectivity index (χ3n) is 4.96. The molecular formula is C19H25N3O4S. The lowest BCUT2D eigenvalue weighted by Crippen LogP contribution is -2.45. The number of hydrogen-bond acceptors (Lipinski definition) is 5. The maximum absolute atomic E-state index is 12.5. The predicted molar refractivity (Wildman–Crippen MR) is 103 cm³/mol. The monoisotopic (exact) mass is 391 g/mol. The quantitative estimate of drug-likeness (QED) is 0.790. The second-order valence-electron chi connectivity index (χ2n) is 7.24. The van der Waals surface area contributed by atoms with Crippen LogP contribution in [0.2, 0.25) is 0 Å². The Morgan fingerprint density at radius 1 is 1.30 bits per heavy atom. The molecule has 1 aromatic rings. The smallest absolute Gasteiger partial charge is 0.267 e. The number of sulfone groups is 1. The van der Waals surface area contributed by atoms with E-state index in [0.717, 1.165) is 12.8 Å². The minimum atomic E-state index is -3.12. The van der Waals surface area contributed by atoms with E-state index in [1.54, 1.807) is 0 Å². The summed E-state index contributed by atoms with van der Waals surface area (Å²) in [6.07, 6.45) is 2.50. The van der Waals surface area contributed by atoms with Crippen molar-refractivity contribution in [2.24, 2.45) is 5.10 Å². The minimum absolute atomic E-state index is 0.0293. The molecule has 1 fully saturated rings. The lowest BCUT2D eigenvalue weighted by Gasteiger charge is -2.28. The average molecular weight is 391 g/mol. The van der Waals surface area contributed by atoms with Crippen molar-refractivity contribution < 1.29 is 18.0 Å². The summed E-state index contributed by atoms with van der Waals surface area (Å²) in [4.78, 5) is 24.7. The molecule has 0 aliphatic carbocycles. The summed E-state index contributed by atoms with van der Waals surface area (Å²) in [5, 5.41) is 8.36. The molecule has 27 heavy (non-hydrogen) atoms.